The number of alkyl halides is 3. The van der Waals surface area contributed by atoms with Gasteiger partial charge in [-0.3, -0.25) is 9.59 Å². The minimum absolute atomic E-state index is 0.0387. The van der Waals surface area contributed by atoms with Gasteiger partial charge in [-0.15, -0.1) is 0 Å². The van der Waals surface area contributed by atoms with Gasteiger partial charge in [0.05, 0.1) is 11.9 Å². The SMILES string of the molecule is CNC(=O)c1nc(-c2cccc(C(=O)NCc3cccc(OC(=O)C(F)(F)F)c3)c2)cnc1N. The average Bonchev–Trinajstić information content (AvgIpc) is 2.82. The zero-order chi connectivity index (χ0) is 24.9. The van der Waals surface area contributed by atoms with Gasteiger partial charge in [0.15, 0.2) is 11.5 Å². The molecule has 34 heavy (non-hydrogen) atoms. The normalized spacial score (nSPS) is 10.9. The summed E-state index contributed by atoms with van der Waals surface area (Å²) in [6.45, 7) is -0.0387. The maximum atomic E-state index is 12.6. The highest BCUT2D eigenvalue weighted by Crippen LogP contribution is 2.22. The number of rotatable bonds is 6. The van der Waals surface area contributed by atoms with E-state index in [2.05, 4.69) is 25.3 Å². The Morgan fingerprint density at radius 2 is 1.79 bits per heavy atom. The van der Waals surface area contributed by atoms with Crippen LogP contribution in [0.1, 0.15) is 26.4 Å². The average molecular weight is 473 g/mol. The predicted molar refractivity (Wildman–Crippen MR) is 115 cm³/mol. The lowest BCUT2D eigenvalue weighted by Crippen LogP contribution is -2.28. The molecule has 0 aliphatic rings. The molecule has 0 spiro atoms. The standard InChI is InChI=1S/C22H18F3N5O4/c1-27-20(32)17-18(26)28-11-16(30-17)13-5-3-6-14(9-13)19(31)29-10-12-4-2-7-15(8-12)34-21(33)22(23,24)25/h2-9,11H,10H2,1H3,(H2,26,28)(H,27,32)(H,29,31). The first-order valence-electron chi connectivity index (χ1n) is 9.69. The molecule has 0 saturated heterocycles. The summed E-state index contributed by atoms with van der Waals surface area (Å²) in [6.07, 6.45) is -3.75. The summed E-state index contributed by atoms with van der Waals surface area (Å²) in [5.74, 6) is -3.67. The van der Waals surface area contributed by atoms with Crippen molar-refractivity contribution in [1.29, 1.82) is 0 Å². The second-order valence-electron chi connectivity index (χ2n) is 6.87. The molecule has 2 amide bonds. The van der Waals surface area contributed by atoms with E-state index in [0.29, 0.717) is 16.8 Å². The fourth-order valence-electron chi connectivity index (χ4n) is 2.81. The van der Waals surface area contributed by atoms with Crippen LogP contribution in [-0.4, -0.2) is 41.0 Å². The maximum absolute atomic E-state index is 12.6. The van der Waals surface area contributed by atoms with Gasteiger partial charge in [-0.05, 0) is 29.8 Å². The molecule has 0 fully saturated rings. The van der Waals surface area contributed by atoms with Crippen LogP contribution in [0.3, 0.4) is 0 Å². The third-order valence-corrected chi connectivity index (χ3v) is 4.46. The van der Waals surface area contributed by atoms with Gasteiger partial charge in [-0.25, -0.2) is 14.8 Å². The summed E-state index contributed by atoms with van der Waals surface area (Å²) in [5.41, 5.74) is 7.14. The van der Waals surface area contributed by atoms with Crippen LogP contribution in [-0.2, 0) is 11.3 Å². The number of ether oxygens (including phenoxy) is 1. The fourth-order valence-corrected chi connectivity index (χ4v) is 2.81. The Morgan fingerprint density at radius 3 is 2.50 bits per heavy atom. The molecular formula is C22H18F3N5O4. The number of amides is 2. The molecule has 1 aromatic heterocycles. The third kappa shape index (κ3) is 5.85. The highest BCUT2D eigenvalue weighted by atomic mass is 19.4. The quantitative estimate of drug-likeness (QED) is 0.370. The van der Waals surface area contributed by atoms with E-state index in [9.17, 15) is 27.6 Å². The van der Waals surface area contributed by atoms with Crippen LogP contribution < -0.4 is 21.1 Å². The van der Waals surface area contributed by atoms with Gasteiger partial charge >= 0.3 is 12.1 Å². The van der Waals surface area contributed by atoms with Crippen LogP contribution >= 0.6 is 0 Å². The summed E-state index contributed by atoms with van der Waals surface area (Å²) in [6, 6.07) is 11.7. The van der Waals surface area contributed by atoms with Crippen molar-refractivity contribution < 1.29 is 32.3 Å². The molecule has 0 aliphatic heterocycles. The number of anilines is 1. The number of carbonyl (C=O) groups is 3. The van der Waals surface area contributed by atoms with E-state index >= 15 is 0 Å². The summed E-state index contributed by atoms with van der Waals surface area (Å²) >= 11 is 0. The Morgan fingerprint density at radius 1 is 1.06 bits per heavy atom. The Balaban J connectivity index is 1.72. The molecular weight excluding hydrogens is 455 g/mol. The monoisotopic (exact) mass is 473 g/mol. The third-order valence-electron chi connectivity index (χ3n) is 4.46. The van der Waals surface area contributed by atoms with Crippen LogP contribution in [0.25, 0.3) is 11.3 Å². The Kier molecular flexibility index (Phi) is 7.09. The number of carbonyl (C=O) groups excluding carboxylic acids is 3. The van der Waals surface area contributed by atoms with Crippen molar-refractivity contribution >= 4 is 23.6 Å². The molecule has 2 aromatic carbocycles. The van der Waals surface area contributed by atoms with Crippen LogP contribution in [0.15, 0.2) is 54.7 Å². The topological polar surface area (TPSA) is 136 Å². The van der Waals surface area contributed by atoms with Crippen molar-refractivity contribution in [3.63, 3.8) is 0 Å². The molecule has 1 heterocycles. The van der Waals surface area contributed by atoms with Gasteiger partial charge in [-0.1, -0.05) is 24.3 Å². The van der Waals surface area contributed by atoms with E-state index in [1.807, 2.05) is 0 Å². The molecule has 0 bridgehead atoms. The molecule has 4 N–H and O–H groups in total. The first-order chi connectivity index (χ1) is 16.1. The summed E-state index contributed by atoms with van der Waals surface area (Å²) < 4.78 is 41.4. The highest BCUT2D eigenvalue weighted by molar-refractivity contribution is 5.97. The predicted octanol–water partition coefficient (Wildman–Crippen LogP) is 2.48. The van der Waals surface area contributed by atoms with Crippen molar-refractivity contribution in [2.24, 2.45) is 0 Å². The summed E-state index contributed by atoms with van der Waals surface area (Å²) in [4.78, 5) is 43.7. The number of benzene rings is 2. The Hall–Kier alpha value is -4.48. The lowest BCUT2D eigenvalue weighted by atomic mass is 10.1. The largest absolute Gasteiger partial charge is 0.491 e. The molecule has 176 valence electrons. The fraction of sp³-hybridized carbons (Fsp3) is 0.136. The number of aromatic nitrogens is 2. The second-order valence-corrected chi connectivity index (χ2v) is 6.87. The molecule has 0 saturated carbocycles. The maximum Gasteiger partial charge on any atom is 0.491 e. The summed E-state index contributed by atoms with van der Waals surface area (Å²) in [5, 5.41) is 5.05. The van der Waals surface area contributed by atoms with Crippen molar-refractivity contribution in [3.05, 3.63) is 71.5 Å². The van der Waals surface area contributed by atoms with Gasteiger partial charge in [0.25, 0.3) is 11.8 Å². The minimum Gasteiger partial charge on any atom is -0.420 e. The van der Waals surface area contributed by atoms with E-state index in [1.165, 1.54) is 37.5 Å². The number of nitrogen functional groups attached to an aromatic ring is 1. The number of hydrogen-bond donors (Lipinski definition) is 3. The van der Waals surface area contributed by atoms with Crippen LogP contribution in [0, 0.1) is 0 Å². The van der Waals surface area contributed by atoms with Crippen molar-refractivity contribution in [3.8, 4) is 17.0 Å². The van der Waals surface area contributed by atoms with Crippen molar-refractivity contribution in [2.45, 2.75) is 12.7 Å². The van der Waals surface area contributed by atoms with Gasteiger partial charge in [0.2, 0.25) is 0 Å². The van der Waals surface area contributed by atoms with Crippen molar-refractivity contribution in [2.75, 3.05) is 12.8 Å². The van der Waals surface area contributed by atoms with E-state index in [0.717, 1.165) is 0 Å². The number of nitrogens with zero attached hydrogens (tertiary/aromatic N) is 2. The van der Waals surface area contributed by atoms with E-state index in [-0.39, 0.29) is 29.4 Å². The van der Waals surface area contributed by atoms with Gasteiger partial charge < -0.3 is 21.1 Å². The van der Waals surface area contributed by atoms with E-state index in [1.54, 1.807) is 24.3 Å². The molecule has 0 radical (unpaired) electrons. The Labute approximate surface area is 191 Å². The zero-order valence-electron chi connectivity index (χ0n) is 17.6. The molecule has 0 unspecified atom stereocenters. The van der Waals surface area contributed by atoms with Crippen LogP contribution in [0.4, 0.5) is 19.0 Å². The minimum atomic E-state index is -5.12. The van der Waals surface area contributed by atoms with Crippen LogP contribution in [0.2, 0.25) is 0 Å². The number of hydrogen-bond acceptors (Lipinski definition) is 7. The number of nitrogens with two attached hydrogens (primary N) is 1. The number of nitrogens with one attached hydrogen (secondary N) is 2. The number of halogens is 3. The smallest absolute Gasteiger partial charge is 0.420 e. The van der Waals surface area contributed by atoms with E-state index < -0.39 is 24.0 Å². The van der Waals surface area contributed by atoms with Gasteiger partial charge in [0, 0.05) is 24.7 Å². The molecule has 9 nitrogen and oxygen atoms in total. The molecule has 0 atom stereocenters. The zero-order valence-corrected chi connectivity index (χ0v) is 17.6. The lowest BCUT2D eigenvalue weighted by molar-refractivity contribution is -0.189. The molecule has 3 aromatic rings. The van der Waals surface area contributed by atoms with Gasteiger partial charge in [0.1, 0.15) is 5.75 Å². The molecule has 0 aliphatic carbocycles. The van der Waals surface area contributed by atoms with Gasteiger partial charge in [-0.2, -0.15) is 13.2 Å². The van der Waals surface area contributed by atoms with Crippen LogP contribution in [0.5, 0.6) is 5.75 Å². The number of esters is 1. The molecule has 12 heteroatoms. The first-order valence-corrected chi connectivity index (χ1v) is 9.69. The van der Waals surface area contributed by atoms with E-state index in [4.69, 9.17) is 5.73 Å². The van der Waals surface area contributed by atoms with Crippen molar-refractivity contribution in [1.82, 2.24) is 20.6 Å². The highest BCUT2D eigenvalue weighted by Gasteiger charge is 2.41. The Bertz CT molecular complexity index is 1250. The first kappa shape index (κ1) is 24.2. The lowest BCUT2D eigenvalue weighted by Gasteiger charge is -2.10. The second kappa shape index (κ2) is 9.98. The summed E-state index contributed by atoms with van der Waals surface area (Å²) in [7, 11) is 1.43. The molecule has 3 rings (SSSR count).